The highest BCUT2D eigenvalue weighted by atomic mass is 35.5. The first-order valence-corrected chi connectivity index (χ1v) is 8.87. The van der Waals surface area contributed by atoms with Gasteiger partial charge in [-0.2, -0.15) is 0 Å². The van der Waals surface area contributed by atoms with Crippen LogP contribution in [0.4, 0.5) is 4.39 Å². The van der Waals surface area contributed by atoms with Crippen LogP contribution in [0.15, 0.2) is 82.6 Å². The van der Waals surface area contributed by atoms with Gasteiger partial charge in [0.25, 0.3) is 5.91 Å². The van der Waals surface area contributed by atoms with E-state index < -0.39 is 0 Å². The highest BCUT2D eigenvalue weighted by molar-refractivity contribution is 7.99. The summed E-state index contributed by atoms with van der Waals surface area (Å²) in [5.74, 6) is -0.571. The smallest absolute Gasteiger partial charge is 0.251 e. The maximum atomic E-state index is 14.3. The van der Waals surface area contributed by atoms with Gasteiger partial charge in [0.2, 0.25) is 0 Å². The summed E-state index contributed by atoms with van der Waals surface area (Å²) in [6.45, 7) is 0.121. The molecule has 2 nitrogen and oxygen atoms in total. The van der Waals surface area contributed by atoms with Crippen LogP contribution in [0.3, 0.4) is 0 Å². The number of hydrogen-bond acceptors (Lipinski definition) is 2. The second-order valence-electron chi connectivity index (χ2n) is 5.32. The van der Waals surface area contributed by atoms with Crippen molar-refractivity contribution in [3.8, 4) is 0 Å². The van der Waals surface area contributed by atoms with Gasteiger partial charge in [-0.1, -0.05) is 47.6 Å². The number of carbonyl (C=O) groups is 1. The van der Waals surface area contributed by atoms with Crippen LogP contribution in [0.1, 0.15) is 15.9 Å². The molecule has 0 atom stereocenters. The number of benzene rings is 3. The Morgan fingerprint density at radius 3 is 2.40 bits per heavy atom. The quantitative estimate of drug-likeness (QED) is 0.636. The van der Waals surface area contributed by atoms with Crippen molar-refractivity contribution in [3.05, 3.63) is 94.8 Å². The molecule has 0 fully saturated rings. The normalized spacial score (nSPS) is 10.5. The minimum atomic E-state index is -0.340. The molecule has 1 N–H and O–H groups in total. The molecule has 0 aliphatic rings. The minimum Gasteiger partial charge on any atom is -0.348 e. The summed E-state index contributed by atoms with van der Waals surface area (Å²) < 4.78 is 14.3. The molecule has 3 rings (SSSR count). The van der Waals surface area contributed by atoms with Gasteiger partial charge < -0.3 is 5.32 Å². The number of nitrogens with one attached hydrogen (secondary N) is 1. The molecular formula is C20H15ClFNOS. The molecule has 3 aromatic carbocycles. The van der Waals surface area contributed by atoms with Gasteiger partial charge in [0.15, 0.2) is 0 Å². The zero-order chi connectivity index (χ0) is 17.6. The molecule has 0 bridgehead atoms. The van der Waals surface area contributed by atoms with Crippen LogP contribution in [0, 0.1) is 5.82 Å². The fraction of sp³-hybridized carbons (Fsp3) is 0.0500. The van der Waals surface area contributed by atoms with Crippen molar-refractivity contribution >= 4 is 29.3 Å². The Morgan fingerprint density at radius 1 is 0.960 bits per heavy atom. The molecule has 0 aliphatic heterocycles. The number of amides is 1. The predicted molar refractivity (Wildman–Crippen MR) is 99.6 cm³/mol. The van der Waals surface area contributed by atoms with Crippen molar-refractivity contribution in [2.24, 2.45) is 0 Å². The number of hydrogen-bond donors (Lipinski definition) is 1. The zero-order valence-electron chi connectivity index (χ0n) is 13.2. The molecule has 126 valence electrons. The summed E-state index contributed by atoms with van der Waals surface area (Å²) in [7, 11) is 0. The van der Waals surface area contributed by atoms with E-state index in [0.717, 1.165) is 9.79 Å². The van der Waals surface area contributed by atoms with E-state index in [9.17, 15) is 9.18 Å². The summed E-state index contributed by atoms with van der Waals surface area (Å²) in [6.07, 6.45) is 0. The monoisotopic (exact) mass is 371 g/mol. The maximum absolute atomic E-state index is 14.3. The van der Waals surface area contributed by atoms with Gasteiger partial charge in [0, 0.05) is 32.5 Å². The molecule has 0 saturated heterocycles. The van der Waals surface area contributed by atoms with Crippen molar-refractivity contribution in [3.63, 3.8) is 0 Å². The first kappa shape index (κ1) is 17.5. The van der Waals surface area contributed by atoms with Gasteiger partial charge in [0.1, 0.15) is 5.82 Å². The number of carbonyl (C=O) groups excluding carboxylic acids is 1. The van der Waals surface area contributed by atoms with Gasteiger partial charge in [-0.25, -0.2) is 4.39 Å². The second-order valence-corrected chi connectivity index (χ2v) is 6.87. The SMILES string of the molecule is O=C(NCc1c(F)cccc1Sc1ccc(Cl)cc1)c1ccccc1. The van der Waals surface area contributed by atoms with Gasteiger partial charge >= 0.3 is 0 Å². The predicted octanol–water partition coefficient (Wildman–Crippen LogP) is 5.56. The summed E-state index contributed by atoms with van der Waals surface area (Å²) >= 11 is 7.33. The van der Waals surface area contributed by atoms with Crippen molar-refractivity contribution in [2.75, 3.05) is 0 Å². The fourth-order valence-corrected chi connectivity index (χ4v) is 3.39. The summed E-state index contributed by atoms with van der Waals surface area (Å²) in [4.78, 5) is 13.9. The molecule has 0 aromatic heterocycles. The van der Waals surface area contributed by atoms with Crippen molar-refractivity contribution < 1.29 is 9.18 Å². The Labute approximate surface area is 155 Å². The average Bonchev–Trinajstić information content (AvgIpc) is 2.63. The van der Waals surface area contributed by atoms with E-state index in [0.29, 0.717) is 16.1 Å². The van der Waals surface area contributed by atoms with E-state index in [2.05, 4.69) is 5.32 Å². The largest absolute Gasteiger partial charge is 0.348 e. The molecule has 0 saturated carbocycles. The molecule has 0 aliphatic carbocycles. The van der Waals surface area contributed by atoms with Crippen LogP contribution >= 0.6 is 23.4 Å². The molecule has 0 spiro atoms. The second kappa shape index (κ2) is 8.19. The third-order valence-electron chi connectivity index (χ3n) is 3.58. The zero-order valence-corrected chi connectivity index (χ0v) is 14.8. The van der Waals surface area contributed by atoms with E-state index in [1.165, 1.54) is 17.8 Å². The van der Waals surface area contributed by atoms with Crippen molar-refractivity contribution in [1.82, 2.24) is 5.32 Å². The molecule has 0 heterocycles. The number of halogens is 2. The Hall–Kier alpha value is -2.30. The lowest BCUT2D eigenvalue weighted by atomic mass is 10.2. The molecule has 1 amide bonds. The highest BCUT2D eigenvalue weighted by Crippen LogP contribution is 2.32. The standard InChI is InChI=1S/C20H15ClFNOS/c21-15-9-11-16(12-10-15)25-19-8-4-7-18(22)17(19)13-23-20(24)14-5-2-1-3-6-14/h1-12H,13H2,(H,23,24). The van der Waals surface area contributed by atoms with Crippen molar-refractivity contribution in [2.45, 2.75) is 16.3 Å². The Morgan fingerprint density at radius 2 is 1.68 bits per heavy atom. The van der Waals surface area contributed by atoms with Gasteiger partial charge in [0.05, 0.1) is 0 Å². The Kier molecular flexibility index (Phi) is 5.74. The van der Waals surface area contributed by atoms with E-state index in [4.69, 9.17) is 11.6 Å². The third kappa shape index (κ3) is 4.62. The lowest BCUT2D eigenvalue weighted by Crippen LogP contribution is -2.23. The summed E-state index contributed by atoms with van der Waals surface area (Å²) in [5, 5.41) is 3.43. The summed E-state index contributed by atoms with van der Waals surface area (Å²) in [5.41, 5.74) is 1.01. The van der Waals surface area contributed by atoms with Crippen molar-refractivity contribution in [1.29, 1.82) is 0 Å². The number of rotatable bonds is 5. The van der Waals surface area contributed by atoms with Crippen LogP contribution in [0.5, 0.6) is 0 Å². The minimum absolute atomic E-state index is 0.121. The topological polar surface area (TPSA) is 29.1 Å². The van der Waals surface area contributed by atoms with Crippen LogP contribution in [-0.4, -0.2) is 5.91 Å². The van der Waals surface area contributed by atoms with E-state index in [1.807, 2.05) is 24.3 Å². The first-order chi connectivity index (χ1) is 12.1. The summed E-state index contributed by atoms with van der Waals surface area (Å²) in [6, 6.07) is 21.1. The van der Waals surface area contributed by atoms with E-state index in [1.54, 1.807) is 42.5 Å². The average molecular weight is 372 g/mol. The molecule has 0 radical (unpaired) electrons. The van der Waals surface area contributed by atoms with E-state index in [-0.39, 0.29) is 18.3 Å². The van der Waals surface area contributed by atoms with E-state index >= 15 is 0 Å². The lowest BCUT2D eigenvalue weighted by molar-refractivity contribution is 0.0950. The van der Waals surface area contributed by atoms with Gasteiger partial charge in [-0.05, 0) is 48.5 Å². The molecule has 5 heteroatoms. The highest BCUT2D eigenvalue weighted by Gasteiger charge is 2.12. The fourth-order valence-electron chi connectivity index (χ4n) is 2.30. The molecule has 0 unspecified atom stereocenters. The maximum Gasteiger partial charge on any atom is 0.251 e. The Balaban J connectivity index is 1.76. The molecule has 25 heavy (non-hydrogen) atoms. The van der Waals surface area contributed by atoms with Gasteiger partial charge in [-0.15, -0.1) is 0 Å². The third-order valence-corrected chi connectivity index (χ3v) is 4.94. The van der Waals surface area contributed by atoms with Gasteiger partial charge in [-0.3, -0.25) is 4.79 Å². The molecular weight excluding hydrogens is 357 g/mol. The Bertz CT molecular complexity index is 869. The molecule has 3 aromatic rings. The van der Waals surface area contributed by atoms with Crippen LogP contribution in [0.2, 0.25) is 5.02 Å². The lowest BCUT2D eigenvalue weighted by Gasteiger charge is -2.12. The van der Waals surface area contributed by atoms with Crippen LogP contribution in [-0.2, 0) is 6.54 Å². The van der Waals surface area contributed by atoms with Crippen LogP contribution in [0.25, 0.3) is 0 Å². The first-order valence-electron chi connectivity index (χ1n) is 7.67. The van der Waals surface area contributed by atoms with Crippen LogP contribution < -0.4 is 5.32 Å².